The number of fused-ring (bicyclic) bond motifs is 7. The normalized spacial score (nSPS) is 13.7. The van der Waals surface area contributed by atoms with Gasteiger partial charge in [0.1, 0.15) is 0 Å². The van der Waals surface area contributed by atoms with Gasteiger partial charge in [-0.2, -0.15) is 0 Å². The van der Waals surface area contributed by atoms with Crippen molar-refractivity contribution in [2.24, 2.45) is 0 Å². The zero-order valence-electron chi connectivity index (χ0n) is 21.9. The van der Waals surface area contributed by atoms with E-state index in [1.54, 1.807) is 0 Å². The lowest BCUT2D eigenvalue weighted by Crippen LogP contribution is -2.14. The predicted molar refractivity (Wildman–Crippen MR) is 169 cm³/mol. The van der Waals surface area contributed by atoms with Crippen LogP contribution in [0.25, 0.3) is 60.5 Å². The van der Waals surface area contributed by atoms with E-state index < -0.39 is 0 Å². The van der Waals surface area contributed by atoms with Gasteiger partial charge in [0.2, 0.25) is 0 Å². The van der Waals surface area contributed by atoms with Crippen LogP contribution in [-0.2, 0) is 5.41 Å². The Bertz CT molecular complexity index is 2110. The molecule has 8 rings (SSSR count). The van der Waals surface area contributed by atoms with E-state index in [0.29, 0.717) is 0 Å². The maximum Gasteiger partial charge on any atom is 0.0544 e. The average molecular weight is 565 g/mol. The summed E-state index contributed by atoms with van der Waals surface area (Å²) in [7, 11) is 0. The summed E-state index contributed by atoms with van der Waals surface area (Å²) < 4.78 is 3.52. The minimum atomic E-state index is -0.0467. The molecule has 2 heteroatoms. The summed E-state index contributed by atoms with van der Waals surface area (Å²) in [6.07, 6.45) is 0. The maximum absolute atomic E-state index is 3.85. The molecule has 6 aromatic carbocycles. The first-order valence-corrected chi connectivity index (χ1v) is 14.3. The summed E-state index contributed by atoms with van der Waals surface area (Å²) >= 11 is 3.85. The maximum atomic E-state index is 3.85. The van der Waals surface area contributed by atoms with Crippen LogP contribution in [0.4, 0.5) is 0 Å². The minimum absolute atomic E-state index is 0.0467. The van der Waals surface area contributed by atoms with Crippen LogP contribution < -0.4 is 0 Å². The Kier molecular flexibility index (Phi) is 4.78. The molecule has 0 aliphatic heterocycles. The fourth-order valence-electron chi connectivity index (χ4n) is 6.68. The molecular formula is C37H26BrN. The van der Waals surface area contributed by atoms with Gasteiger partial charge in [-0.05, 0) is 86.6 Å². The van der Waals surface area contributed by atoms with E-state index in [-0.39, 0.29) is 5.41 Å². The number of hydrogen-bond acceptors (Lipinski definition) is 0. The highest BCUT2D eigenvalue weighted by Crippen LogP contribution is 2.51. The molecule has 0 radical (unpaired) electrons. The van der Waals surface area contributed by atoms with Gasteiger partial charge in [-0.15, -0.1) is 0 Å². The van der Waals surface area contributed by atoms with Crippen LogP contribution in [-0.4, -0.2) is 4.57 Å². The Labute approximate surface area is 236 Å². The van der Waals surface area contributed by atoms with Crippen molar-refractivity contribution in [1.29, 1.82) is 0 Å². The molecule has 0 amide bonds. The van der Waals surface area contributed by atoms with Crippen molar-refractivity contribution < 1.29 is 0 Å². The highest BCUT2D eigenvalue weighted by molar-refractivity contribution is 9.10. The number of benzene rings is 6. The highest BCUT2D eigenvalue weighted by Gasteiger charge is 2.36. The van der Waals surface area contributed by atoms with Crippen molar-refractivity contribution in [3.05, 3.63) is 137 Å². The highest BCUT2D eigenvalue weighted by atomic mass is 79.9. The second kappa shape index (κ2) is 8.18. The van der Waals surface area contributed by atoms with E-state index >= 15 is 0 Å². The Morgan fingerprint density at radius 1 is 0.538 bits per heavy atom. The lowest BCUT2D eigenvalue weighted by atomic mass is 9.82. The van der Waals surface area contributed by atoms with Crippen LogP contribution in [0.1, 0.15) is 25.0 Å². The number of halogens is 1. The third kappa shape index (κ3) is 3.31. The minimum Gasteiger partial charge on any atom is -0.309 e. The van der Waals surface area contributed by atoms with Crippen molar-refractivity contribution in [3.63, 3.8) is 0 Å². The van der Waals surface area contributed by atoms with E-state index in [0.717, 1.165) is 10.2 Å². The first-order valence-electron chi connectivity index (χ1n) is 13.5. The molecular weight excluding hydrogens is 538 g/mol. The Morgan fingerprint density at radius 3 is 2.21 bits per heavy atom. The lowest BCUT2D eigenvalue weighted by molar-refractivity contribution is 0.661. The molecule has 0 unspecified atom stereocenters. The molecule has 186 valence electrons. The van der Waals surface area contributed by atoms with Crippen LogP contribution in [0.5, 0.6) is 0 Å². The quantitative estimate of drug-likeness (QED) is 0.197. The van der Waals surface area contributed by atoms with Gasteiger partial charge in [-0.3, -0.25) is 0 Å². The van der Waals surface area contributed by atoms with Crippen LogP contribution in [0.3, 0.4) is 0 Å². The van der Waals surface area contributed by atoms with Crippen molar-refractivity contribution in [3.8, 4) is 27.9 Å². The predicted octanol–water partition coefficient (Wildman–Crippen LogP) is 10.7. The molecule has 1 aliphatic rings. The Hall–Kier alpha value is -4.14. The van der Waals surface area contributed by atoms with Crippen molar-refractivity contribution in [2.75, 3.05) is 0 Å². The molecule has 1 heterocycles. The van der Waals surface area contributed by atoms with E-state index in [9.17, 15) is 0 Å². The van der Waals surface area contributed by atoms with Crippen molar-refractivity contribution in [1.82, 2.24) is 4.57 Å². The van der Waals surface area contributed by atoms with Gasteiger partial charge >= 0.3 is 0 Å². The van der Waals surface area contributed by atoms with Crippen LogP contribution in [0.2, 0.25) is 0 Å². The van der Waals surface area contributed by atoms with Gasteiger partial charge in [0.15, 0.2) is 0 Å². The van der Waals surface area contributed by atoms with E-state index in [4.69, 9.17) is 0 Å². The van der Waals surface area contributed by atoms with Gasteiger partial charge in [-0.1, -0.05) is 109 Å². The molecule has 0 N–H and O–H groups in total. The summed E-state index contributed by atoms with van der Waals surface area (Å²) in [6.45, 7) is 4.71. The van der Waals surface area contributed by atoms with E-state index in [1.807, 2.05) is 0 Å². The fourth-order valence-corrected chi connectivity index (χ4v) is 7.16. The molecule has 1 aromatic heterocycles. The molecule has 1 aliphatic carbocycles. The first-order chi connectivity index (χ1) is 19.0. The van der Waals surface area contributed by atoms with Gasteiger partial charge in [-0.25, -0.2) is 0 Å². The number of nitrogens with zero attached hydrogens (tertiary/aromatic N) is 1. The summed E-state index contributed by atoms with van der Waals surface area (Å²) in [6, 6.07) is 44.6. The van der Waals surface area contributed by atoms with E-state index in [2.05, 4.69) is 156 Å². The number of aromatic nitrogens is 1. The van der Waals surface area contributed by atoms with Gasteiger partial charge in [0, 0.05) is 26.3 Å². The summed E-state index contributed by atoms with van der Waals surface area (Å²) in [5.41, 5.74) is 11.5. The number of rotatable bonds is 2. The van der Waals surface area contributed by atoms with E-state index in [1.165, 1.54) is 66.0 Å². The largest absolute Gasteiger partial charge is 0.309 e. The van der Waals surface area contributed by atoms with Crippen molar-refractivity contribution >= 4 is 48.5 Å². The molecule has 0 saturated heterocycles. The summed E-state index contributed by atoms with van der Waals surface area (Å²) in [5, 5.41) is 5.09. The zero-order valence-corrected chi connectivity index (χ0v) is 23.5. The van der Waals surface area contributed by atoms with Gasteiger partial charge in [0.25, 0.3) is 0 Å². The van der Waals surface area contributed by atoms with Gasteiger partial charge in [0.05, 0.1) is 11.0 Å². The Morgan fingerprint density at radius 2 is 1.31 bits per heavy atom. The van der Waals surface area contributed by atoms with Crippen LogP contribution in [0, 0.1) is 0 Å². The number of hydrogen-bond donors (Lipinski definition) is 0. The second-order valence-electron chi connectivity index (χ2n) is 11.2. The monoisotopic (exact) mass is 563 g/mol. The summed E-state index contributed by atoms with van der Waals surface area (Å²) in [4.78, 5) is 0. The molecule has 0 atom stereocenters. The zero-order chi connectivity index (χ0) is 26.3. The molecule has 0 spiro atoms. The molecule has 39 heavy (non-hydrogen) atoms. The number of para-hydroxylation sites is 1. The Balaban J connectivity index is 1.41. The van der Waals surface area contributed by atoms with Crippen molar-refractivity contribution in [2.45, 2.75) is 19.3 Å². The standard InChI is InChI=1S/C37H26BrN/c1-37(2)33-13-7-5-11-29(33)31-21-32-30-12-6-8-14-35(30)39(36(32)22-34(31)37)28-19-26(18-27(38)20-28)25-16-15-23-9-3-4-10-24(23)17-25/h3-22H,1-2H3. The molecule has 0 saturated carbocycles. The first kappa shape index (κ1) is 22.8. The third-order valence-corrected chi connectivity index (χ3v) is 9.06. The molecule has 0 fully saturated rings. The van der Waals surface area contributed by atoms with Crippen LogP contribution in [0.15, 0.2) is 126 Å². The molecule has 0 bridgehead atoms. The fraction of sp³-hybridized carbons (Fsp3) is 0.0811. The van der Waals surface area contributed by atoms with Crippen LogP contribution >= 0.6 is 15.9 Å². The smallest absolute Gasteiger partial charge is 0.0544 e. The third-order valence-electron chi connectivity index (χ3n) is 8.60. The summed E-state index contributed by atoms with van der Waals surface area (Å²) in [5.74, 6) is 0. The molecule has 1 nitrogen and oxygen atoms in total. The SMILES string of the molecule is CC1(C)c2ccccc2-c2cc3c4ccccc4n(-c4cc(Br)cc(-c5ccc6ccccc6c5)c4)c3cc21. The topological polar surface area (TPSA) is 4.93 Å². The van der Waals surface area contributed by atoms with Gasteiger partial charge < -0.3 is 4.57 Å². The second-order valence-corrected chi connectivity index (χ2v) is 12.1. The lowest BCUT2D eigenvalue weighted by Gasteiger charge is -2.21. The molecule has 7 aromatic rings. The average Bonchev–Trinajstić information content (AvgIpc) is 3.40.